The van der Waals surface area contributed by atoms with Crippen LogP contribution < -0.4 is 5.32 Å². The minimum absolute atomic E-state index is 0. The van der Waals surface area contributed by atoms with Crippen molar-refractivity contribution in [2.24, 2.45) is 0 Å². The number of furan rings is 1. The number of hydrogen-bond acceptors (Lipinski definition) is 6. The van der Waals surface area contributed by atoms with Crippen molar-refractivity contribution in [3.05, 3.63) is 24.3 Å². The van der Waals surface area contributed by atoms with Crippen LogP contribution in [0.1, 0.15) is 18.7 Å². The fourth-order valence-electron chi connectivity index (χ4n) is 2.43. The van der Waals surface area contributed by atoms with Crippen LogP contribution in [0, 0.1) is 0 Å². The molecule has 120 valence electrons. The lowest BCUT2D eigenvalue weighted by Crippen LogP contribution is -2.38. The van der Waals surface area contributed by atoms with E-state index >= 15 is 0 Å². The quantitative estimate of drug-likeness (QED) is 0.896. The zero-order chi connectivity index (χ0) is 14.7. The third-order valence-electron chi connectivity index (χ3n) is 3.74. The summed E-state index contributed by atoms with van der Waals surface area (Å²) < 4.78 is 10.3. The first-order chi connectivity index (χ1) is 10.2. The summed E-state index contributed by atoms with van der Waals surface area (Å²) in [5.41, 5.74) is 0. The number of nitrogens with zero attached hydrogens (tertiary/aromatic N) is 3. The highest BCUT2D eigenvalue weighted by Crippen LogP contribution is 2.16. The number of carbonyl (C=O) groups is 1. The largest absolute Gasteiger partial charge is 0.461 e. The Balaban J connectivity index is 0.00000176. The number of halogens is 1. The molecule has 1 saturated heterocycles. The fraction of sp³-hybridized carbons (Fsp3) is 0.500. The first-order valence-electron chi connectivity index (χ1n) is 7.07. The second-order valence-electron chi connectivity index (χ2n) is 5.14. The van der Waals surface area contributed by atoms with Gasteiger partial charge < -0.3 is 19.2 Å². The molecule has 3 rings (SSSR count). The molecule has 0 radical (unpaired) electrons. The van der Waals surface area contributed by atoms with Crippen LogP contribution in [-0.4, -0.2) is 47.1 Å². The van der Waals surface area contributed by atoms with Gasteiger partial charge in [0.25, 0.3) is 0 Å². The smallest absolute Gasteiger partial charge is 0.238 e. The topological polar surface area (TPSA) is 84.4 Å². The number of amides is 1. The summed E-state index contributed by atoms with van der Waals surface area (Å²) >= 11 is 0. The summed E-state index contributed by atoms with van der Waals surface area (Å²) in [6.07, 6.45) is 3.37. The number of nitrogens with one attached hydrogen (secondary N) is 1. The van der Waals surface area contributed by atoms with Gasteiger partial charge in [0.15, 0.2) is 5.76 Å². The monoisotopic (exact) mass is 326 g/mol. The molecule has 2 aromatic heterocycles. The summed E-state index contributed by atoms with van der Waals surface area (Å²) in [6, 6.07) is 3.82. The van der Waals surface area contributed by atoms with E-state index in [2.05, 4.69) is 15.5 Å². The van der Waals surface area contributed by atoms with E-state index in [1.807, 2.05) is 11.9 Å². The zero-order valence-electron chi connectivity index (χ0n) is 12.3. The van der Waals surface area contributed by atoms with Crippen LogP contribution in [0.4, 0.5) is 0 Å². The van der Waals surface area contributed by atoms with Crippen molar-refractivity contribution in [1.82, 2.24) is 20.4 Å². The van der Waals surface area contributed by atoms with Gasteiger partial charge in [-0.3, -0.25) is 4.79 Å². The summed E-state index contributed by atoms with van der Waals surface area (Å²) in [7, 11) is 1.85. The lowest BCUT2D eigenvalue weighted by atomic mass is 10.2. The van der Waals surface area contributed by atoms with Gasteiger partial charge in [-0.2, -0.15) is 4.98 Å². The molecule has 1 amide bonds. The zero-order valence-corrected chi connectivity index (χ0v) is 13.1. The van der Waals surface area contributed by atoms with Gasteiger partial charge in [-0.15, -0.1) is 12.4 Å². The van der Waals surface area contributed by atoms with Crippen LogP contribution in [0.3, 0.4) is 0 Å². The molecule has 0 aromatic carbocycles. The molecule has 1 aliphatic heterocycles. The molecular weight excluding hydrogens is 308 g/mol. The number of hydrogen-bond donors (Lipinski definition) is 1. The number of carbonyl (C=O) groups excluding carboxylic acids is 1. The maximum Gasteiger partial charge on any atom is 0.238 e. The van der Waals surface area contributed by atoms with Crippen molar-refractivity contribution in [1.29, 1.82) is 0 Å². The third kappa shape index (κ3) is 3.66. The van der Waals surface area contributed by atoms with E-state index in [1.165, 1.54) is 0 Å². The Morgan fingerprint density at radius 3 is 3.09 bits per heavy atom. The van der Waals surface area contributed by atoms with Crippen molar-refractivity contribution >= 4 is 18.3 Å². The molecule has 0 aliphatic carbocycles. The summed E-state index contributed by atoms with van der Waals surface area (Å²) in [6.45, 7) is 1.84. The van der Waals surface area contributed by atoms with Gasteiger partial charge in [-0.25, -0.2) is 0 Å². The SMILES string of the molecule is CN(C(=O)CCc1nc(-c2ccco2)no1)C1CCNC1.Cl. The molecule has 1 atom stereocenters. The van der Waals surface area contributed by atoms with Crippen LogP contribution in [0.2, 0.25) is 0 Å². The average Bonchev–Trinajstić information content (AvgIpc) is 3.25. The van der Waals surface area contributed by atoms with Crippen molar-refractivity contribution in [3.63, 3.8) is 0 Å². The standard InChI is InChI=1S/C14H18N4O3.ClH/c1-18(10-6-7-15-9-10)13(19)5-4-12-16-14(17-21-12)11-3-2-8-20-11;/h2-3,8,10,15H,4-7,9H2,1H3;1H. The van der Waals surface area contributed by atoms with Crippen molar-refractivity contribution < 1.29 is 13.7 Å². The van der Waals surface area contributed by atoms with Gasteiger partial charge in [0.05, 0.1) is 6.26 Å². The molecule has 1 unspecified atom stereocenters. The maximum absolute atomic E-state index is 12.1. The molecule has 1 aliphatic rings. The Hall–Kier alpha value is -1.86. The molecule has 0 spiro atoms. The van der Waals surface area contributed by atoms with Crippen LogP contribution >= 0.6 is 12.4 Å². The predicted molar refractivity (Wildman–Crippen MR) is 81.6 cm³/mol. The van der Waals surface area contributed by atoms with Crippen molar-refractivity contribution in [3.8, 4) is 11.6 Å². The highest BCUT2D eigenvalue weighted by atomic mass is 35.5. The second-order valence-corrected chi connectivity index (χ2v) is 5.14. The Morgan fingerprint density at radius 2 is 2.41 bits per heavy atom. The van der Waals surface area contributed by atoms with Crippen LogP contribution in [-0.2, 0) is 11.2 Å². The Labute approximate surface area is 134 Å². The molecule has 1 fully saturated rings. The first kappa shape index (κ1) is 16.5. The number of likely N-dealkylation sites (N-methyl/N-ethyl adjacent to an activating group) is 1. The molecule has 8 heteroatoms. The van der Waals surface area contributed by atoms with Gasteiger partial charge in [-0.1, -0.05) is 5.16 Å². The number of aromatic nitrogens is 2. The minimum atomic E-state index is 0. The molecular formula is C14H19ClN4O3. The summed E-state index contributed by atoms with van der Waals surface area (Å²) in [4.78, 5) is 18.2. The van der Waals surface area contributed by atoms with E-state index in [9.17, 15) is 4.79 Å². The highest BCUT2D eigenvalue weighted by Gasteiger charge is 2.23. The van der Waals surface area contributed by atoms with Crippen LogP contribution in [0.15, 0.2) is 27.3 Å². The molecule has 1 N–H and O–H groups in total. The normalized spacial score (nSPS) is 17.2. The van der Waals surface area contributed by atoms with Gasteiger partial charge >= 0.3 is 0 Å². The molecule has 7 nitrogen and oxygen atoms in total. The van der Waals surface area contributed by atoms with E-state index < -0.39 is 0 Å². The van der Waals surface area contributed by atoms with Crippen LogP contribution in [0.25, 0.3) is 11.6 Å². The molecule has 0 saturated carbocycles. The second kappa shape index (κ2) is 7.42. The van der Waals surface area contributed by atoms with Crippen molar-refractivity contribution in [2.75, 3.05) is 20.1 Å². The van der Waals surface area contributed by atoms with E-state index in [-0.39, 0.29) is 18.3 Å². The van der Waals surface area contributed by atoms with E-state index in [0.29, 0.717) is 36.4 Å². The summed E-state index contributed by atoms with van der Waals surface area (Å²) in [5, 5.41) is 7.10. The third-order valence-corrected chi connectivity index (χ3v) is 3.74. The van der Waals surface area contributed by atoms with E-state index in [0.717, 1.165) is 19.5 Å². The maximum atomic E-state index is 12.1. The van der Waals surface area contributed by atoms with Gasteiger partial charge in [0.1, 0.15) is 0 Å². The number of aryl methyl sites for hydroxylation is 1. The molecule has 0 bridgehead atoms. The van der Waals surface area contributed by atoms with Gasteiger partial charge in [0.2, 0.25) is 17.6 Å². The van der Waals surface area contributed by atoms with Gasteiger partial charge in [0, 0.05) is 32.5 Å². The summed E-state index contributed by atoms with van der Waals surface area (Å²) in [5.74, 6) is 1.52. The van der Waals surface area contributed by atoms with E-state index in [4.69, 9.17) is 8.94 Å². The van der Waals surface area contributed by atoms with Crippen molar-refractivity contribution in [2.45, 2.75) is 25.3 Å². The Kier molecular flexibility index (Phi) is 5.57. The first-order valence-corrected chi connectivity index (χ1v) is 7.07. The molecule has 3 heterocycles. The lowest BCUT2D eigenvalue weighted by Gasteiger charge is -2.23. The minimum Gasteiger partial charge on any atom is -0.461 e. The highest BCUT2D eigenvalue weighted by molar-refractivity contribution is 5.85. The fourth-order valence-corrected chi connectivity index (χ4v) is 2.43. The molecule has 22 heavy (non-hydrogen) atoms. The average molecular weight is 327 g/mol. The van der Waals surface area contributed by atoms with Gasteiger partial charge in [-0.05, 0) is 25.1 Å². The Bertz CT molecular complexity index is 593. The lowest BCUT2D eigenvalue weighted by molar-refractivity contribution is -0.131. The predicted octanol–water partition coefficient (Wildman–Crippen LogP) is 1.50. The molecule has 2 aromatic rings. The van der Waals surface area contributed by atoms with Crippen LogP contribution in [0.5, 0.6) is 0 Å². The Morgan fingerprint density at radius 1 is 1.55 bits per heavy atom. The van der Waals surface area contributed by atoms with E-state index in [1.54, 1.807) is 18.4 Å². The number of rotatable bonds is 5.